The van der Waals surface area contributed by atoms with Crippen LogP contribution in [0.3, 0.4) is 0 Å². The highest BCUT2D eigenvalue weighted by atomic mass is 35.5. The molecule has 1 saturated heterocycles. The minimum absolute atomic E-state index is 0.0829. The Morgan fingerprint density at radius 1 is 1.12 bits per heavy atom. The van der Waals surface area contributed by atoms with E-state index < -0.39 is 0 Å². The number of halogens is 1. The lowest BCUT2D eigenvalue weighted by Gasteiger charge is -2.17. The third kappa shape index (κ3) is 3.86. The molecule has 0 bridgehead atoms. The Bertz CT molecular complexity index is 736. The second-order valence-electron chi connectivity index (χ2n) is 5.72. The van der Waals surface area contributed by atoms with Gasteiger partial charge in [0, 0.05) is 31.1 Å². The summed E-state index contributed by atoms with van der Waals surface area (Å²) in [4.78, 5) is 25.9. The minimum atomic E-state index is -0.325. The number of nitrogens with zero attached hydrogens (tertiary/aromatic N) is 1. The Morgan fingerprint density at radius 3 is 2.58 bits per heavy atom. The van der Waals surface area contributed by atoms with Gasteiger partial charge in [0.15, 0.2) is 0 Å². The van der Waals surface area contributed by atoms with E-state index in [1.807, 2.05) is 30.3 Å². The highest BCUT2D eigenvalue weighted by Crippen LogP contribution is 2.24. The van der Waals surface area contributed by atoms with Gasteiger partial charge in [-0.15, -0.1) is 0 Å². The first-order chi connectivity index (χ1) is 11.6. The van der Waals surface area contributed by atoms with Crippen molar-refractivity contribution in [3.63, 3.8) is 0 Å². The van der Waals surface area contributed by atoms with Crippen LogP contribution in [0.25, 0.3) is 0 Å². The van der Waals surface area contributed by atoms with Gasteiger partial charge in [-0.2, -0.15) is 0 Å². The van der Waals surface area contributed by atoms with Crippen molar-refractivity contribution in [2.75, 3.05) is 23.3 Å². The van der Waals surface area contributed by atoms with Crippen LogP contribution >= 0.6 is 11.6 Å². The lowest BCUT2D eigenvalue weighted by atomic mass is 10.1. The number of hydrogen-bond acceptors (Lipinski definition) is 2. The molecule has 124 valence electrons. The molecule has 0 radical (unpaired) electrons. The van der Waals surface area contributed by atoms with E-state index in [1.54, 1.807) is 29.2 Å². The molecule has 1 aliphatic heterocycles. The third-order valence-corrected chi connectivity index (χ3v) is 4.28. The second-order valence-corrected chi connectivity index (χ2v) is 6.13. The number of amides is 3. The molecular weight excluding hydrogens is 326 g/mol. The Balaban J connectivity index is 1.52. The number of para-hydroxylation sites is 2. The Kier molecular flexibility index (Phi) is 5.01. The molecule has 3 amide bonds. The summed E-state index contributed by atoms with van der Waals surface area (Å²) in [6.07, 6.45) is 0.432. The monoisotopic (exact) mass is 343 g/mol. The largest absolute Gasteiger partial charge is 0.338 e. The molecular formula is C18H18ClN3O2. The van der Waals surface area contributed by atoms with Gasteiger partial charge in [0.1, 0.15) is 0 Å². The van der Waals surface area contributed by atoms with Crippen molar-refractivity contribution in [2.24, 2.45) is 5.92 Å². The summed E-state index contributed by atoms with van der Waals surface area (Å²) in [6.45, 7) is 1.04. The maximum atomic E-state index is 12.1. The van der Waals surface area contributed by atoms with Crippen molar-refractivity contribution in [2.45, 2.75) is 6.42 Å². The van der Waals surface area contributed by atoms with Crippen molar-refractivity contribution in [1.82, 2.24) is 5.32 Å². The van der Waals surface area contributed by atoms with Crippen LogP contribution in [0.1, 0.15) is 6.42 Å². The maximum absolute atomic E-state index is 12.1. The molecule has 0 aromatic heterocycles. The third-order valence-electron chi connectivity index (χ3n) is 3.95. The van der Waals surface area contributed by atoms with Crippen LogP contribution in [-0.2, 0) is 4.79 Å². The minimum Gasteiger partial charge on any atom is -0.338 e. The van der Waals surface area contributed by atoms with Crippen LogP contribution in [0.5, 0.6) is 0 Å². The Hall–Kier alpha value is -2.53. The maximum Gasteiger partial charge on any atom is 0.319 e. The van der Waals surface area contributed by atoms with E-state index in [-0.39, 0.29) is 17.9 Å². The van der Waals surface area contributed by atoms with E-state index in [2.05, 4.69) is 10.6 Å². The Labute approximate surface area is 145 Å². The highest BCUT2D eigenvalue weighted by molar-refractivity contribution is 6.33. The molecule has 1 fully saturated rings. The number of hydrogen-bond donors (Lipinski definition) is 2. The molecule has 2 N–H and O–H groups in total. The molecule has 6 heteroatoms. The van der Waals surface area contributed by atoms with Gasteiger partial charge in [0.2, 0.25) is 5.91 Å². The summed E-state index contributed by atoms with van der Waals surface area (Å²) < 4.78 is 0. The van der Waals surface area contributed by atoms with Crippen LogP contribution < -0.4 is 15.5 Å². The van der Waals surface area contributed by atoms with Gasteiger partial charge in [-0.1, -0.05) is 41.9 Å². The van der Waals surface area contributed by atoms with Crippen LogP contribution in [0.4, 0.5) is 16.2 Å². The average Bonchev–Trinajstić information content (AvgIpc) is 2.97. The van der Waals surface area contributed by atoms with Gasteiger partial charge in [0.05, 0.1) is 10.7 Å². The van der Waals surface area contributed by atoms with E-state index in [1.165, 1.54) is 0 Å². The number of rotatable bonds is 4. The Morgan fingerprint density at radius 2 is 1.83 bits per heavy atom. The topological polar surface area (TPSA) is 61.4 Å². The number of nitrogens with one attached hydrogen (secondary N) is 2. The molecule has 24 heavy (non-hydrogen) atoms. The molecule has 0 aliphatic carbocycles. The normalized spacial score (nSPS) is 17.0. The lowest BCUT2D eigenvalue weighted by molar-refractivity contribution is -0.117. The zero-order valence-electron chi connectivity index (χ0n) is 13.0. The number of carbonyl (C=O) groups is 2. The van der Waals surface area contributed by atoms with E-state index in [4.69, 9.17) is 11.6 Å². The highest BCUT2D eigenvalue weighted by Gasteiger charge is 2.30. The molecule has 0 saturated carbocycles. The number of carbonyl (C=O) groups excluding carboxylic acids is 2. The van der Waals surface area contributed by atoms with Gasteiger partial charge >= 0.3 is 6.03 Å². The predicted molar refractivity (Wildman–Crippen MR) is 95.4 cm³/mol. The summed E-state index contributed by atoms with van der Waals surface area (Å²) in [6, 6.07) is 16.3. The molecule has 2 aromatic rings. The lowest BCUT2D eigenvalue weighted by Crippen LogP contribution is -2.34. The quantitative estimate of drug-likeness (QED) is 0.892. The fraction of sp³-hybridized carbons (Fsp3) is 0.222. The standard InChI is InChI=1S/C18H18ClN3O2/c19-15-8-4-5-9-16(15)21-18(24)20-11-13-10-17(23)22(12-13)14-6-2-1-3-7-14/h1-9,13H,10-12H2,(H2,20,21,24). The van der Waals surface area contributed by atoms with Crippen LogP contribution in [0, 0.1) is 5.92 Å². The van der Waals surface area contributed by atoms with Gasteiger partial charge in [-0.05, 0) is 24.3 Å². The summed E-state index contributed by atoms with van der Waals surface area (Å²) in [5.74, 6) is 0.175. The SMILES string of the molecule is O=C(NCC1CC(=O)N(c2ccccc2)C1)Nc1ccccc1Cl. The smallest absolute Gasteiger partial charge is 0.319 e. The molecule has 1 unspecified atom stereocenters. The van der Waals surface area contributed by atoms with Crippen molar-refractivity contribution in [3.05, 3.63) is 59.6 Å². The van der Waals surface area contributed by atoms with E-state index in [9.17, 15) is 9.59 Å². The fourth-order valence-corrected chi connectivity index (χ4v) is 2.92. The average molecular weight is 344 g/mol. The van der Waals surface area contributed by atoms with Crippen molar-refractivity contribution in [1.29, 1.82) is 0 Å². The van der Waals surface area contributed by atoms with Crippen molar-refractivity contribution >= 4 is 34.9 Å². The first-order valence-corrected chi connectivity index (χ1v) is 8.16. The molecule has 0 spiro atoms. The fourth-order valence-electron chi connectivity index (χ4n) is 2.74. The summed E-state index contributed by atoms with van der Waals surface area (Å²) in [7, 11) is 0. The molecule has 1 heterocycles. The molecule has 5 nitrogen and oxygen atoms in total. The predicted octanol–water partition coefficient (Wildman–Crippen LogP) is 3.51. The summed E-state index contributed by atoms with van der Waals surface area (Å²) in [5.41, 5.74) is 1.45. The summed E-state index contributed by atoms with van der Waals surface area (Å²) in [5, 5.41) is 6.00. The van der Waals surface area contributed by atoms with Crippen molar-refractivity contribution < 1.29 is 9.59 Å². The van der Waals surface area contributed by atoms with Gasteiger partial charge in [-0.25, -0.2) is 4.79 Å². The van der Waals surface area contributed by atoms with Crippen LogP contribution in [0.2, 0.25) is 5.02 Å². The van der Waals surface area contributed by atoms with Gasteiger partial charge in [0.25, 0.3) is 0 Å². The van der Waals surface area contributed by atoms with Gasteiger partial charge in [-0.3, -0.25) is 4.79 Å². The first kappa shape index (κ1) is 16.3. The van der Waals surface area contributed by atoms with E-state index >= 15 is 0 Å². The summed E-state index contributed by atoms with van der Waals surface area (Å²) >= 11 is 6.01. The van der Waals surface area contributed by atoms with E-state index in [0.29, 0.717) is 30.2 Å². The molecule has 1 atom stereocenters. The van der Waals surface area contributed by atoms with Crippen LogP contribution in [0.15, 0.2) is 54.6 Å². The number of urea groups is 1. The molecule has 2 aromatic carbocycles. The van der Waals surface area contributed by atoms with Crippen molar-refractivity contribution in [3.8, 4) is 0 Å². The van der Waals surface area contributed by atoms with Gasteiger partial charge < -0.3 is 15.5 Å². The first-order valence-electron chi connectivity index (χ1n) is 7.78. The number of anilines is 2. The van der Waals surface area contributed by atoms with E-state index in [0.717, 1.165) is 5.69 Å². The molecule has 3 rings (SSSR count). The molecule has 1 aliphatic rings. The van der Waals surface area contributed by atoms with Crippen LogP contribution in [-0.4, -0.2) is 25.0 Å². The second kappa shape index (κ2) is 7.36. The zero-order chi connectivity index (χ0) is 16.9. The number of benzene rings is 2. The zero-order valence-corrected chi connectivity index (χ0v) is 13.8.